The van der Waals surface area contributed by atoms with E-state index in [1.165, 1.54) is 16.8 Å². The van der Waals surface area contributed by atoms with Crippen molar-refractivity contribution in [1.29, 1.82) is 0 Å². The van der Waals surface area contributed by atoms with Crippen LogP contribution in [0.5, 0.6) is 0 Å². The molecule has 1 atom stereocenters. The van der Waals surface area contributed by atoms with Crippen LogP contribution >= 0.6 is 22.9 Å². The van der Waals surface area contributed by atoms with E-state index in [2.05, 4.69) is 9.97 Å². The number of carbonyl (C=O) groups is 1. The van der Waals surface area contributed by atoms with Crippen molar-refractivity contribution < 1.29 is 9.90 Å². The Labute approximate surface area is 113 Å². The van der Waals surface area contributed by atoms with Crippen molar-refractivity contribution in [2.75, 3.05) is 0 Å². The first-order chi connectivity index (χ1) is 8.65. The van der Waals surface area contributed by atoms with E-state index in [9.17, 15) is 4.79 Å². The molecule has 1 unspecified atom stereocenters. The molecule has 0 radical (unpaired) electrons. The van der Waals surface area contributed by atoms with E-state index in [4.69, 9.17) is 16.7 Å². The van der Waals surface area contributed by atoms with Gasteiger partial charge >= 0.3 is 5.97 Å². The van der Waals surface area contributed by atoms with Gasteiger partial charge in [0.25, 0.3) is 0 Å². The second-order valence-electron chi connectivity index (χ2n) is 4.56. The molecule has 1 aliphatic rings. The molecule has 0 aromatic carbocycles. The van der Waals surface area contributed by atoms with Crippen molar-refractivity contribution in [3.05, 3.63) is 21.9 Å². The molecule has 0 aliphatic heterocycles. The molecule has 3 rings (SSSR count). The van der Waals surface area contributed by atoms with Crippen LogP contribution in [0.15, 0.2) is 6.33 Å². The number of aromatic nitrogens is 2. The lowest BCUT2D eigenvalue weighted by Crippen LogP contribution is -2.16. The van der Waals surface area contributed by atoms with E-state index in [1.807, 2.05) is 0 Å². The highest BCUT2D eigenvalue weighted by Gasteiger charge is 2.25. The lowest BCUT2D eigenvalue weighted by Gasteiger charge is -2.20. The number of fused-ring (bicyclic) bond motifs is 3. The summed E-state index contributed by atoms with van der Waals surface area (Å²) >= 11 is 7.73. The summed E-state index contributed by atoms with van der Waals surface area (Å²) in [6, 6.07) is 0. The number of carboxylic acids is 1. The van der Waals surface area contributed by atoms with Crippen LogP contribution in [0.3, 0.4) is 0 Å². The smallest absolute Gasteiger partial charge is 0.303 e. The Hall–Kier alpha value is -1.20. The number of rotatable bonds is 2. The monoisotopic (exact) mass is 282 g/mol. The van der Waals surface area contributed by atoms with E-state index in [0.29, 0.717) is 5.15 Å². The van der Waals surface area contributed by atoms with Crippen molar-refractivity contribution in [3.63, 3.8) is 0 Å². The largest absolute Gasteiger partial charge is 0.481 e. The SMILES string of the molecule is O=C(O)CC1CCc2c(sc3ncnc(Cl)c23)C1. The summed E-state index contributed by atoms with van der Waals surface area (Å²) in [5.74, 6) is -0.489. The highest BCUT2D eigenvalue weighted by molar-refractivity contribution is 7.19. The predicted molar refractivity (Wildman–Crippen MR) is 70.2 cm³/mol. The molecule has 0 spiro atoms. The van der Waals surface area contributed by atoms with Gasteiger partial charge in [-0.15, -0.1) is 11.3 Å². The van der Waals surface area contributed by atoms with Crippen LogP contribution in [-0.4, -0.2) is 21.0 Å². The molecule has 4 nitrogen and oxygen atoms in total. The normalized spacial score (nSPS) is 18.8. The molecule has 1 aliphatic carbocycles. The van der Waals surface area contributed by atoms with Gasteiger partial charge in [0.2, 0.25) is 0 Å². The van der Waals surface area contributed by atoms with Gasteiger partial charge in [-0.2, -0.15) is 0 Å². The Bertz CT molecular complexity index is 626. The summed E-state index contributed by atoms with van der Waals surface area (Å²) in [6.07, 6.45) is 4.31. The van der Waals surface area contributed by atoms with Crippen LogP contribution in [-0.2, 0) is 17.6 Å². The van der Waals surface area contributed by atoms with E-state index in [0.717, 1.165) is 29.5 Å². The molecule has 0 saturated carbocycles. The molecular formula is C12H11ClN2O2S. The number of nitrogens with zero attached hydrogens (tertiary/aromatic N) is 2. The van der Waals surface area contributed by atoms with Gasteiger partial charge in [-0.3, -0.25) is 4.79 Å². The number of halogens is 1. The second-order valence-corrected chi connectivity index (χ2v) is 6.00. The van der Waals surface area contributed by atoms with Crippen LogP contribution in [0.25, 0.3) is 10.2 Å². The zero-order valence-corrected chi connectivity index (χ0v) is 11.1. The van der Waals surface area contributed by atoms with Gasteiger partial charge in [-0.1, -0.05) is 11.6 Å². The number of aliphatic carboxylic acids is 1. The molecule has 2 heterocycles. The van der Waals surface area contributed by atoms with Gasteiger partial charge in [-0.05, 0) is 30.7 Å². The molecule has 0 bridgehead atoms. The summed E-state index contributed by atoms with van der Waals surface area (Å²) in [5, 5.41) is 10.3. The number of aryl methyl sites for hydroxylation is 1. The van der Waals surface area contributed by atoms with Gasteiger partial charge in [0.1, 0.15) is 16.3 Å². The van der Waals surface area contributed by atoms with Gasteiger partial charge in [0.05, 0.1) is 5.39 Å². The second kappa shape index (κ2) is 4.48. The molecule has 2 aromatic heterocycles. The summed E-state index contributed by atoms with van der Waals surface area (Å²) in [5.41, 5.74) is 1.22. The van der Waals surface area contributed by atoms with E-state index >= 15 is 0 Å². The summed E-state index contributed by atoms with van der Waals surface area (Å²) < 4.78 is 0. The molecule has 6 heteroatoms. The Kier molecular flexibility index (Phi) is 2.95. The minimum Gasteiger partial charge on any atom is -0.481 e. The Morgan fingerprint density at radius 2 is 2.39 bits per heavy atom. The first-order valence-electron chi connectivity index (χ1n) is 5.77. The Balaban J connectivity index is 2.00. The maximum atomic E-state index is 10.8. The molecule has 0 amide bonds. The van der Waals surface area contributed by atoms with Gasteiger partial charge in [-0.25, -0.2) is 9.97 Å². The Morgan fingerprint density at radius 1 is 1.56 bits per heavy atom. The van der Waals surface area contributed by atoms with Crippen molar-refractivity contribution in [1.82, 2.24) is 9.97 Å². The van der Waals surface area contributed by atoms with Crippen LogP contribution < -0.4 is 0 Å². The lowest BCUT2D eigenvalue weighted by atomic mass is 9.86. The highest BCUT2D eigenvalue weighted by atomic mass is 35.5. The number of hydrogen-bond acceptors (Lipinski definition) is 4. The number of hydrogen-bond donors (Lipinski definition) is 1. The quantitative estimate of drug-likeness (QED) is 0.860. The number of carboxylic acid groups (broad SMARTS) is 1. The third-order valence-corrected chi connectivity index (χ3v) is 4.81. The highest BCUT2D eigenvalue weighted by Crippen LogP contribution is 2.40. The molecule has 1 N–H and O–H groups in total. The molecule has 0 saturated heterocycles. The van der Waals surface area contributed by atoms with Crippen molar-refractivity contribution in [3.8, 4) is 0 Å². The van der Waals surface area contributed by atoms with Crippen molar-refractivity contribution in [2.24, 2.45) is 5.92 Å². The average Bonchev–Trinajstić information content (AvgIpc) is 2.66. The maximum Gasteiger partial charge on any atom is 0.303 e. The van der Waals surface area contributed by atoms with Crippen molar-refractivity contribution in [2.45, 2.75) is 25.7 Å². The van der Waals surface area contributed by atoms with Crippen molar-refractivity contribution >= 4 is 39.1 Å². The molecule has 94 valence electrons. The van der Waals surface area contributed by atoms with Crippen LogP contribution in [0, 0.1) is 5.92 Å². The van der Waals surface area contributed by atoms with Gasteiger partial charge < -0.3 is 5.11 Å². The fraction of sp³-hybridized carbons (Fsp3) is 0.417. The number of thiophene rings is 1. The van der Waals surface area contributed by atoms with E-state index < -0.39 is 5.97 Å². The lowest BCUT2D eigenvalue weighted by molar-refractivity contribution is -0.138. The topological polar surface area (TPSA) is 63.1 Å². The fourth-order valence-electron chi connectivity index (χ4n) is 2.56. The standard InChI is InChI=1S/C12H11ClN2O2S/c13-11-10-7-2-1-6(4-9(16)17)3-8(7)18-12(10)15-5-14-11/h5-6H,1-4H2,(H,16,17). The average molecular weight is 283 g/mol. The first kappa shape index (κ1) is 11.9. The zero-order chi connectivity index (χ0) is 12.7. The molecular weight excluding hydrogens is 272 g/mol. The third kappa shape index (κ3) is 1.97. The van der Waals surface area contributed by atoms with Gasteiger partial charge in [0.15, 0.2) is 0 Å². The summed E-state index contributed by atoms with van der Waals surface area (Å²) in [6.45, 7) is 0. The molecule has 2 aromatic rings. The molecule has 0 fully saturated rings. The van der Waals surface area contributed by atoms with Gasteiger partial charge in [0, 0.05) is 11.3 Å². The van der Waals surface area contributed by atoms with E-state index in [-0.39, 0.29) is 12.3 Å². The fourth-order valence-corrected chi connectivity index (χ4v) is 4.17. The van der Waals surface area contributed by atoms with Crippen LogP contribution in [0.4, 0.5) is 0 Å². The minimum atomic E-state index is -0.720. The Morgan fingerprint density at radius 3 is 3.17 bits per heavy atom. The zero-order valence-electron chi connectivity index (χ0n) is 9.52. The van der Waals surface area contributed by atoms with Crippen LogP contribution in [0.2, 0.25) is 5.15 Å². The predicted octanol–water partition coefficient (Wildman–Crippen LogP) is 2.92. The minimum absolute atomic E-state index is 0.231. The van der Waals surface area contributed by atoms with E-state index in [1.54, 1.807) is 11.3 Å². The van der Waals surface area contributed by atoms with Crippen LogP contribution in [0.1, 0.15) is 23.3 Å². The maximum absolute atomic E-state index is 10.8. The summed E-state index contributed by atoms with van der Waals surface area (Å²) in [4.78, 5) is 21.2. The first-order valence-corrected chi connectivity index (χ1v) is 6.97. The molecule has 18 heavy (non-hydrogen) atoms. The third-order valence-electron chi connectivity index (χ3n) is 3.36. The summed E-state index contributed by atoms with van der Waals surface area (Å²) in [7, 11) is 0.